The number of benzene rings is 1. The molecular weight excluding hydrogens is 452 g/mol. The Bertz CT molecular complexity index is 858. The number of hydrogen-bond acceptors (Lipinski definition) is 8. The van der Waals surface area contributed by atoms with E-state index in [0.717, 1.165) is 16.9 Å². The fraction of sp³-hybridized carbons (Fsp3) is 0.615. The summed E-state index contributed by atoms with van der Waals surface area (Å²) in [5, 5.41) is 3.08. The van der Waals surface area contributed by atoms with Crippen molar-refractivity contribution in [1.82, 2.24) is 10.2 Å². The predicted molar refractivity (Wildman–Crippen MR) is 130 cm³/mol. The van der Waals surface area contributed by atoms with Crippen molar-refractivity contribution in [2.24, 2.45) is 0 Å². The van der Waals surface area contributed by atoms with Crippen molar-refractivity contribution >= 4 is 23.9 Å². The van der Waals surface area contributed by atoms with Crippen LogP contribution in [0.3, 0.4) is 0 Å². The van der Waals surface area contributed by atoms with Gasteiger partial charge >= 0.3 is 18.2 Å². The molecule has 1 aliphatic rings. The van der Waals surface area contributed by atoms with Gasteiger partial charge in [-0.05, 0) is 65.5 Å². The Hall–Kier alpha value is -2.94. The highest BCUT2D eigenvalue weighted by molar-refractivity contribution is 6.08. The lowest BCUT2D eigenvalue weighted by Crippen LogP contribution is -2.55. The summed E-state index contributed by atoms with van der Waals surface area (Å²) >= 11 is 0. The first kappa shape index (κ1) is 28.3. The van der Waals surface area contributed by atoms with Crippen molar-refractivity contribution in [3.05, 3.63) is 35.9 Å². The summed E-state index contributed by atoms with van der Waals surface area (Å²) in [5.74, 6) is -0.732. The van der Waals surface area contributed by atoms with Crippen LogP contribution in [0, 0.1) is 0 Å². The van der Waals surface area contributed by atoms with Crippen LogP contribution in [-0.2, 0) is 30.4 Å². The third-order valence-corrected chi connectivity index (χ3v) is 5.58. The van der Waals surface area contributed by atoms with Gasteiger partial charge in [0.15, 0.2) is 11.3 Å². The first-order valence-electron chi connectivity index (χ1n) is 12.3. The van der Waals surface area contributed by atoms with Crippen molar-refractivity contribution in [1.29, 1.82) is 0 Å². The van der Waals surface area contributed by atoms with E-state index >= 15 is 0 Å². The van der Waals surface area contributed by atoms with Crippen LogP contribution in [0.2, 0.25) is 0 Å². The molecule has 2 amide bonds. The van der Waals surface area contributed by atoms with Crippen LogP contribution in [0.25, 0.3) is 0 Å². The molecule has 2 rings (SSSR count). The van der Waals surface area contributed by atoms with Gasteiger partial charge in [-0.1, -0.05) is 36.8 Å². The number of amides is 2. The number of unbranched alkanes of at least 4 members (excludes halogenated alkanes) is 2. The zero-order chi connectivity index (χ0) is 25.9. The summed E-state index contributed by atoms with van der Waals surface area (Å²) < 4.78 is 15.7. The van der Waals surface area contributed by atoms with E-state index in [0.29, 0.717) is 32.2 Å². The molecule has 1 aromatic rings. The normalized spacial score (nSPS) is 17.5. The van der Waals surface area contributed by atoms with Gasteiger partial charge in [0.25, 0.3) is 0 Å². The number of esters is 1. The van der Waals surface area contributed by atoms with Gasteiger partial charge in [0, 0.05) is 13.0 Å². The van der Waals surface area contributed by atoms with E-state index < -0.39 is 29.3 Å². The van der Waals surface area contributed by atoms with Gasteiger partial charge in [0.1, 0.15) is 12.2 Å². The second kappa shape index (κ2) is 13.2. The van der Waals surface area contributed by atoms with Crippen LogP contribution >= 0.6 is 0 Å². The largest absolute Gasteiger partial charge is 0.459 e. The zero-order valence-corrected chi connectivity index (χ0v) is 21.3. The minimum atomic E-state index is -1.30. The number of nitrogens with one attached hydrogen (secondary N) is 1. The maximum absolute atomic E-state index is 13.1. The number of hydrogen-bond donors (Lipinski definition) is 1. The highest BCUT2D eigenvalue weighted by Crippen LogP contribution is 2.25. The van der Waals surface area contributed by atoms with Crippen LogP contribution in [0.4, 0.5) is 9.59 Å². The molecule has 1 aromatic carbocycles. The Balaban J connectivity index is 1.86. The molecule has 194 valence electrons. The van der Waals surface area contributed by atoms with E-state index in [2.05, 4.69) is 5.32 Å². The van der Waals surface area contributed by atoms with Gasteiger partial charge in [-0.25, -0.2) is 19.3 Å². The third-order valence-electron chi connectivity index (χ3n) is 5.58. The smallest absolute Gasteiger partial charge is 0.419 e. The first-order valence-corrected chi connectivity index (χ1v) is 12.3. The fourth-order valence-corrected chi connectivity index (χ4v) is 3.84. The van der Waals surface area contributed by atoms with Crippen molar-refractivity contribution < 1.29 is 33.4 Å². The number of Topliss-reactive ketones (excluding diaryl/α,β-unsaturated/α-hetero) is 1. The second-order valence-corrected chi connectivity index (χ2v) is 9.56. The molecule has 1 heterocycles. The second-order valence-electron chi connectivity index (χ2n) is 9.56. The molecule has 0 unspecified atom stereocenters. The molecule has 1 N–H and O–H groups in total. The maximum atomic E-state index is 13.1. The van der Waals surface area contributed by atoms with Crippen LogP contribution in [0.1, 0.15) is 71.8 Å². The fourth-order valence-electron chi connectivity index (χ4n) is 3.84. The quantitative estimate of drug-likeness (QED) is 0.211. The number of carbonyl (C=O) groups is 4. The summed E-state index contributed by atoms with van der Waals surface area (Å²) in [6.45, 7) is 7.77. The van der Waals surface area contributed by atoms with E-state index in [1.165, 1.54) is 0 Å². The number of nitrogens with zero attached hydrogens (tertiary/aromatic N) is 1. The monoisotopic (exact) mass is 490 g/mol. The van der Waals surface area contributed by atoms with Gasteiger partial charge in [-0.2, -0.15) is 0 Å². The summed E-state index contributed by atoms with van der Waals surface area (Å²) in [6.07, 6.45) is 1.38. The molecule has 35 heavy (non-hydrogen) atoms. The average Bonchev–Trinajstić information content (AvgIpc) is 3.30. The Labute approximate surface area is 207 Å². The SMILES string of the molecule is CCOC(=O)N(CCCCCC(=O)[C@@]1(C(=O)OCc2ccccc2)CCCN1)C(=O)OC(C)(C)C. The van der Waals surface area contributed by atoms with Gasteiger partial charge in [0.05, 0.1) is 6.61 Å². The molecule has 1 aliphatic heterocycles. The Morgan fingerprint density at radius 2 is 1.71 bits per heavy atom. The Morgan fingerprint density at radius 1 is 1.00 bits per heavy atom. The minimum Gasteiger partial charge on any atom is -0.459 e. The van der Waals surface area contributed by atoms with Crippen molar-refractivity contribution in [3.8, 4) is 0 Å². The van der Waals surface area contributed by atoms with E-state index in [1.54, 1.807) is 27.7 Å². The molecule has 1 atom stereocenters. The molecule has 0 saturated carbocycles. The lowest BCUT2D eigenvalue weighted by molar-refractivity contribution is -0.156. The highest BCUT2D eigenvalue weighted by atomic mass is 16.6. The van der Waals surface area contributed by atoms with Crippen molar-refractivity contribution in [2.45, 2.75) is 84.0 Å². The van der Waals surface area contributed by atoms with Gasteiger partial charge in [-0.15, -0.1) is 0 Å². The number of imide groups is 1. The van der Waals surface area contributed by atoms with E-state index in [4.69, 9.17) is 14.2 Å². The van der Waals surface area contributed by atoms with Gasteiger partial charge < -0.3 is 14.2 Å². The summed E-state index contributed by atoms with van der Waals surface area (Å²) in [6, 6.07) is 9.34. The summed E-state index contributed by atoms with van der Waals surface area (Å²) in [5.41, 5.74) is -1.19. The minimum absolute atomic E-state index is 0.116. The van der Waals surface area contributed by atoms with Crippen molar-refractivity contribution in [2.75, 3.05) is 19.7 Å². The first-order chi connectivity index (χ1) is 16.6. The number of rotatable bonds is 11. The molecule has 9 nitrogen and oxygen atoms in total. The molecule has 1 fully saturated rings. The molecule has 0 aromatic heterocycles. The molecule has 0 aliphatic carbocycles. The summed E-state index contributed by atoms with van der Waals surface area (Å²) in [4.78, 5) is 51.4. The van der Waals surface area contributed by atoms with Crippen LogP contribution in [-0.4, -0.2) is 59.7 Å². The van der Waals surface area contributed by atoms with E-state index in [1.807, 2.05) is 30.3 Å². The molecule has 9 heteroatoms. The third kappa shape index (κ3) is 8.65. The lowest BCUT2D eigenvalue weighted by atomic mass is 9.89. The lowest BCUT2D eigenvalue weighted by Gasteiger charge is -2.26. The van der Waals surface area contributed by atoms with Crippen LogP contribution in [0.15, 0.2) is 30.3 Å². The summed E-state index contributed by atoms with van der Waals surface area (Å²) in [7, 11) is 0. The topological polar surface area (TPSA) is 111 Å². The zero-order valence-electron chi connectivity index (χ0n) is 21.3. The van der Waals surface area contributed by atoms with E-state index in [-0.39, 0.29) is 32.0 Å². The number of ketones is 1. The molecule has 0 spiro atoms. The predicted octanol–water partition coefficient (Wildman–Crippen LogP) is 4.38. The molecule has 1 saturated heterocycles. The van der Waals surface area contributed by atoms with Gasteiger partial charge in [0.2, 0.25) is 0 Å². The molecular formula is C26H38N2O7. The van der Waals surface area contributed by atoms with Crippen LogP contribution < -0.4 is 5.32 Å². The molecule has 0 radical (unpaired) electrons. The number of carbonyl (C=O) groups excluding carboxylic acids is 4. The highest BCUT2D eigenvalue weighted by Gasteiger charge is 2.48. The van der Waals surface area contributed by atoms with E-state index in [9.17, 15) is 19.2 Å². The average molecular weight is 491 g/mol. The number of ether oxygens (including phenoxy) is 3. The molecule has 0 bridgehead atoms. The van der Waals surface area contributed by atoms with Crippen LogP contribution in [0.5, 0.6) is 0 Å². The standard InChI is InChI=1S/C26H38N2O7/c1-5-33-23(31)28(24(32)35-25(2,3)4)18-11-7-10-15-21(29)26(16-12-17-27-26)22(30)34-19-20-13-8-6-9-14-20/h6,8-9,13-14,27H,5,7,10-12,15-19H2,1-4H3/t26-/m1/s1. The Morgan fingerprint density at radius 3 is 2.31 bits per heavy atom. The maximum Gasteiger partial charge on any atom is 0.419 e. The van der Waals surface area contributed by atoms with Gasteiger partial charge in [-0.3, -0.25) is 10.1 Å². The van der Waals surface area contributed by atoms with Crippen molar-refractivity contribution in [3.63, 3.8) is 0 Å². The Kier molecular flexibility index (Phi) is 10.7.